The molecular weight excluding hydrogens is 356 g/mol. The molecule has 0 aliphatic carbocycles. The highest BCUT2D eigenvalue weighted by molar-refractivity contribution is 9.10. The highest BCUT2D eigenvalue weighted by Crippen LogP contribution is 2.26. The lowest BCUT2D eigenvalue weighted by Gasteiger charge is -2.23. The molecule has 0 saturated carbocycles. The molecule has 2 heterocycles. The Morgan fingerprint density at radius 3 is 3.05 bits per heavy atom. The van der Waals surface area contributed by atoms with Crippen molar-refractivity contribution in [3.63, 3.8) is 0 Å². The van der Waals surface area contributed by atoms with Crippen molar-refractivity contribution < 1.29 is 8.42 Å². The summed E-state index contributed by atoms with van der Waals surface area (Å²) in [7, 11) is -3.59. The quantitative estimate of drug-likeness (QED) is 0.897. The first kappa shape index (κ1) is 14.7. The second kappa shape index (κ2) is 5.51. The van der Waals surface area contributed by atoms with Gasteiger partial charge in [-0.15, -0.1) is 0 Å². The van der Waals surface area contributed by atoms with Crippen LogP contribution in [0.1, 0.15) is 30.3 Å². The van der Waals surface area contributed by atoms with Crippen LogP contribution in [-0.4, -0.2) is 23.2 Å². The van der Waals surface area contributed by atoms with Gasteiger partial charge < -0.3 is 0 Å². The van der Waals surface area contributed by atoms with Crippen LogP contribution in [0.2, 0.25) is 0 Å². The Kier molecular flexibility index (Phi) is 3.85. The molecule has 3 rings (SSSR count). The normalized spacial score (nSPS) is 18.5. The molecule has 2 aromatic rings. The second-order valence-corrected chi connectivity index (χ2v) is 7.67. The van der Waals surface area contributed by atoms with Crippen LogP contribution in [-0.2, 0) is 16.6 Å². The van der Waals surface area contributed by atoms with Crippen LogP contribution in [0.3, 0.4) is 0 Å². The SMILES string of the molecule is Cc1ccc(Br)cc1S(=O)(=O)NC1CCCn2ncnc21. The standard InChI is InChI=1S/C13H15BrN4O2S/c1-9-4-5-10(14)7-12(9)21(19,20)17-11-3-2-6-18-13(11)15-8-16-18/h4-5,7-8,11,17H,2-3,6H2,1H3. The van der Waals surface area contributed by atoms with E-state index in [0.29, 0.717) is 11.4 Å². The Balaban J connectivity index is 1.93. The first-order chi connectivity index (χ1) is 9.97. The number of hydrogen-bond donors (Lipinski definition) is 1. The smallest absolute Gasteiger partial charge is 0.241 e. The number of rotatable bonds is 3. The first-order valence-electron chi connectivity index (χ1n) is 6.63. The van der Waals surface area contributed by atoms with Gasteiger partial charge in [-0.2, -0.15) is 5.10 Å². The van der Waals surface area contributed by atoms with Gasteiger partial charge in [0.05, 0.1) is 10.9 Å². The van der Waals surface area contributed by atoms with E-state index in [1.165, 1.54) is 6.33 Å². The lowest BCUT2D eigenvalue weighted by Crippen LogP contribution is -2.33. The molecule has 0 saturated heterocycles. The first-order valence-corrected chi connectivity index (χ1v) is 8.91. The van der Waals surface area contributed by atoms with Crippen LogP contribution in [0.4, 0.5) is 0 Å². The van der Waals surface area contributed by atoms with Crippen molar-refractivity contribution in [3.05, 3.63) is 40.4 Å². The lowest BCUT2D eigenvalue weighted by atomic mass is 10.1. The molecule has 1 aromatic heterocycles. The van der Waals surface area contributed by atoms with Gasteiger partial charge in [0, 0.05) is 11.0 Å². The topological polar surface area (TPSA) is 76.9 Å². The van der Waals surface area contributed by atoms with Gasteiger partial charge in [0.2, 0.25) is 10.0 Å². The highest BCUT2D eigenvalue weighted by Gasteiger charge is 2.28. The third kappa shape index (κ3) is 2.88. The average molecular weight is 371 g/mol. The van der Waals surface area contributed by atoms with Crippen molar-refractivity contribution in [2.45, 2.75) is 37.2 Å². The van der Waals surface area contributed by atoms with Gasteiger partial charge in [-0.1, -0.05) is 22.0 Å². The van der Waals surface area contributed by atoms with Crippen molar-refractivity contribution in [1.82, 2.24) is 19.5 Å². The second-order valence-electron chi connectivity index (χ2n) is 5.07. The average Bonchev–Trinajstić information content (AvgIpc) is 2.90. The third-order valence-electron chi connectivity index (χ3n) is 3.56. The van der Waals surface area contributed by atoms with Gasteiger partial charge in [-0.3, -0.25) is 0 Å². The minimum atomic E-state index is -3.59. The minimum absolute atomic E-state index is 0.286. The van der Waals surface area contributed by atoms with Crippen LogP contribution >= 0.6 is 15.9 Å². The Bertz CT molecular complexity index is 772. The summed E-state index contributed by atoms with van der Waals surface area (Å²) in [6.07, 6.45) is 3.07. The highest BCUT2D eigenvalue weighted by atomic mass is 79.9. The van der Waals surface area contributed by atoms with Crippen LogP contribution in [0, 0.1) is 6.92 Å². The zero-order valence-corrected chi connectivity index (χ0v) is 13.9. The fraction of sp³-hybridized carbons (Fsp3) is 0.385. The molecule has 1 unspecified atom stereocenters. The molecule has 1 aromatic carbocycles. The molecule has 0 fully saturated rings. The predicted molar refractivity (Wildman–Crippen MR) is 81.2 cm³/mol. The molecule has 1 aliphatic heterocycles. The summed E-state index contributed by atoms with van der Waals surface area (Å²) < 4.78 is 30.5. The fourth-order valence-corrected chi connectivity index (χ4v) is 4.53. The number of halogens is 1. The van der Waals surface area contributed by atoms with Crippen molar-refractivity contribution in [1.29, 1.82) is 0 Å². The van der Waals surface area contributed by atoms with E-state index >= 15 is 0 Å². The largest absolute Gasteiger partial charge is 0.248 e. The van der Waals surface area contributed by atoms with E-state index < -0.39 is 10.0 Å². The number of aryl methyl sites for hydroxylation is 2. The molecule has 1 N–H and O–H groups in total. The van der Waals surface area contributed by atoms with E-state index in [4.69, 9.17) is 0 Å². The summed E-state index contributed by atoms with van der Waals surface area (Å²) >= 11 is 3.31. The maximum absolute atomic E-state index is 12.6. The zero-order chi connectivity index (χ0) is 15.0. The van der Waals surface area contributed by atoms with E-state index in [1.807, 2.05) is 6.07 Å². The van der Waals surface area contributed by atoms with E-state index in [1.54, 1.807) is 23.7 Å². The van der Waals surface area contributed by atoms with Crippen LogP contribution in [0.5, 0.6) is 0 Å². The van der Waals surface area contributed by atoms with Gasteiger partial charge in [0.15, 0.2) is 0 Å². The summed E-state index contributed by atoms with van der Waals surface area (Å²) in [6, 6.07) is 4.89. The van der Waals surface area contributed by atoms with E-state index in [-0.39, 0.29) is 10.9 Å². The Morgan fingerprint density at radius 2 is 2.24 bits per heavy atom. The molecular formula is C13H15BrN4O2S. The number of nitrogens with zero attached hydrogens (tertiary/aromatic N) is 3. The Hall–Kier alpha value is -1.25. The summed E-state index contributed by atoms with van der Waals surface area (Å²) in [4.78, 5) is 4.46. The van der Waals surface area contributed by atoms with E-state index in [0.717, 1.165) is 23.9 Å². The summed E-state index contributed by atoms with van der Waals surface area (Å²) in [5, 5.41) is 4.10. The molecule has 0 radical (unpaired) electrons. The summed E-state index contributed by atoms with van der Waals surface area (Å²) in [5.41, 5.74) is 0.711. The van der Waals surface area contributed by atoms with Crippen LogP contribution in [0.15, 0.2) is 33.9 Å². The number of hydrogen-bond acceptors (Lipinski definition) is 4. The lowest BCUT2D eigenvalue weighted by molar-refractivity contribution is 0.400. The molecule has 21 heavy (non-hydrogen) atoms. The number of fused-ring (bicyclic) bond motifs is 1. The Labute approximate surface area is 131 Å². The zero-order valence-electron chi connectivity index (χ0n) is 11.5. The van der Waals surface area contributed by atoms with Gasteiger partial charge in [0.25, 0.3) is 0 Å². The van der Waals surface area contributed by atoms with Crippen molar-refractivity contribution in [2.75, 3.05) is 0 Å². The Morgan fingerprint density at radius 1 is 1.43 bits per heavy atom. The van der Waals surface area contributed by atoms with Gasteiger partial charge in [-0.25, -0.2) is 22.8 Å². The summed E-state index contributed by atoms with van der Waals surface area (Å²) in [6.45, 7) is 2.56. The van der Waals surface area contributed by atoms with Crippen LogP contribution < -0.4 is 4.72 Å². The molecule has 6 nitrogen and oxygen atoms in total. The number of aromatic nitrogens is 3. The minimum Gasteiger partial charge on any atom is -0.248 e. The monoisotopic (exact) mass is 370 g/mol. The van der Waals surface area contributed by atoms with E-state index in [2.05, 4.69) is 30.7 Å². The van der Waals surface area contributed by atoms with Crippen molar-refractivity contribution in [2.24, 2.45) is 0 Å². The molecule has 112 valence electrons. The molecule has 0 bridgehead atoms. The molecule has 0 spiro atoms. The predicted octanol–water partition coefficient (Wildman–Crippen LogP) is 2.16. The third-order valence-corrected chi connectivity index (χ3v) is 5.66. The number of sulfonamides is 1. The van der Waals surface area contributed by atoms with Gasteiger partial charge in [-0.05, 0) is 37.5 Å². The van der Waals surface area contributed by atoms with Gasteiger partial charge in [0.1, 0.15) is 12.2 Å². The fourth-order valence-electron chi connectivity index (χ4n) is 2.52. The molecule has 1 aliphatic rings. The summed E-state index contributed by atoms with van der Waals surface area (Å²) in [5.74, 6) is 0.678. The molecule has 1 atom stereocenters. The maximum Gasteiger partial charge on any atom is 0.241 e. The van der Waals surface area contributed by atoms with Crippen molar-refractivity contribution >= 4 is 26.0 Å². The van der Waals surface area contributed by atoms with Crippen molar-refractivity contribution in [3.8, 4) is 0 Å². The molecule has 8 heteroatoms. The maximum atomic E-state index is 12.6. The molecule has 0 amide bonds. The van der Waals surface area contributed by atoms with Gasteiger partial charge >= 0.3 is 0 Å². The number of nitrogens with one attached hydrogen (secondary N) is 1. The van der Waals surface area contributed by atoms with E-state index in [9.17, 15) is 8.42 Å². The number of benzene rings is 1. The van der Waals surface area contributed by atoms with Crippen LogP contribution in [0.25, 0.3) is 0 Å².